The SMILES string of the molecule is O=C(NC1CC1)c1ccccc1NS(=O)(=O)CCl. The molecule has 0 saturated heterocycles. The zero-order valence-corrected chi connectivity index (χ0v) is 11.1. The van der Waals surface area contributed by atoms with Gasteiger partial charge in [0.25, 0.3) is 5.91 Å². The van der Waals surface area contributed by atoms with Crippen molar-refractivity contribution in [2.24, 2.45) is 0 Å². The van der Waals surface area contributed by atoms with Gasteiger partial charge < -0.3 is 5.32 Å². The summed E-state index contributed by atoms with van der Waals surface area (Å²) < 4.78 is 25.1. The van der Waals surface area contributed by atoms with Crippen molar-refractivity contribution < 1.29 is 13.2 Å². The van der Waals surface area contributed by atoms with Gasteiger partial charge in [-0.3, -0.25) is 9.52 Å². The Labute approximate surface area is 111 Å². The third-order valence-corrected chi connectivity index (χ3v) is 4.17. The molecular formula is C11H13ClN2O3S. The standard InChI is InChI=1S/C11H13ClN2O3S/c12-7-18(16,17)14-10-4-2-1-3-9(10)11(15)13-8-5-6-8/h1-4,8,14H,5-7H2,(H,13,15). The minimum Gasteiger partial charge on any atom is -0.349 e. The Morgan fingerprint density at radius 2 is 2.00 bits per heavy atom. The summed E-state index contributed by atoms with van der Waals surface area (Å²) in [5.41, 5.74) is 0.550. The van der Waals surface area contributed by atoms with E-state index in [1.54, 1.807) is 18.2 Å². The molecule has 1 aliphatic carbocycles. The average molecular weight is 289 g/mol. The van der Waals surface area contributed by atoms with E-state index < -0.39 is 15.2 Å². The number of amides is 1. The zero-order chi connectivity index (χ0) is 13.2. The van der Waals surface area contributed by atoms with Gasteiger partial charge in [-0.1, -0.05) is 12.1 Å². The van der Waals surface area contributed by atoms with Crippen LogP contribution < -0.4 is 10.0 Å². The van der Waals surface area contributed by atoms with E-state index in [2.05, 4.69) is 10.0 Å². The quantitative estimate of drug-likeness (QED) is 0.807. The van der Waals surface area contributed by atoms with Crippen LogP contribution in [0.25, 0.3) is 0 Å². The van der Waals surface area contributed by atoms with E-state index in [1.165, 1.54) is 6.07 Å². The Morgan fingerprint density at radius 3 is 2.61 bits per heavy atom. The number of anilines is 1. The first kappa shape index (κ1) is 13.2. The van der Waals surface area contributed by atoms with Crippen LogP contribution in [0.1, 0.15) is 23.2 Å². The molecule has 1 aromatic carbocycles. The maximum Gasteiger partial charge on any atom is 0.253 e. The van der Waals surface area contributed by atoms with Gasteiger partial charge in [-0.05, 0) is 25.0 Å². The smallest absolute Gasteiger partial charge is 0.253 e. The first-order valence-electron chi connectivity index (χ1n) is 5.48. The molecule has 1 fully saturated rings. The van der Waals surface area contributed by atoms with Crippen LogP contribution in [0.4, 0.5) is 5.69 Å². The number of carbonyl (C=O) groups is 1. The Hall–Kier alpha value is -1.27. The maximum atomic E-state index is 11.9. The normalized spacial score (nSPS) is 15.2. The molecule has 0 atom stereocenters. The molecule has 1 aliphatic rings. The van der Waals surface area contributed by atoms with Crippen LogP contribution in [0.15, 0.2) is 24.3 Å². The average Bonchev–Trinajstić information content (AvgIpc) is 3.13. The molecule has 0 unspecified atom stereocenters. The fraction of sp³-hybridized carbons (Fsp3) is 0.364. The molecule has 7 heteroatoms. The summed E-state index contributed by atoms with van der Waals surface area (Å²) in [6, 6.07) is 6.66. The van der Waals surface area contributed by atoms with Crippen LogP contribution in [0, 0.1) is 0 Å². The molecule has 1 amide bonds. The lowest BCUT2D eigenvalue weighted by atomic mass is 10.1. The van der Waals surface area contributed by atoms with Gasteiger partial charge in [-0.15, -0.1) is 11.6 Å². The summed E-state index contributed by atoms with van der Waals surface area (Å²) in [6.07, 6.45) is 1.95. The van der Waals surface area contributed by atoms with Crippen molar-refractivity contribution in [1.29, 1.82) is 0 Å². The Balaban J connectivity index is 2.21. The highest BCUT2D eigenvalue weighted by Crippen LogP contribution is 2.22. The van der Waals surface area contributed by atoms with Crippen molar-refractivity contribution in [3.05, 3.63) is 29.8 Å². The van der Waals surface area contributed by atoms with Gasteiger partial charge in [0.1, 0.15) is 5.21 Å². The number of carbonyl (C=O) groups excluding carboxylic acids is 1. The minimum atomic E-state index is -3.61. The molecule has 0 spiro atoms. The van der Waals surface area contributed by atoms with Crippen LogP contribution in [0.5, 0.6) is 0 Å². The van der Waals surface area contributed by atoms with Crippen molar-refractivity contribution >= 4 is 33.2 Å². The second-order valence-electron chi connectivity index (χ2n) is 4.12. The third-order valence-electron chi connectivity index (χ3n) is 2.49. The first-order valence-corrected chi connectivity index (χ1v) is 7.67. The summed E-state index contributed by atoms with van der Waals surface area (Å²) in [5.74, 6) is -0.273. The maximum absolute atomic E-state index is 11.9. The van der Waals surface area contributed by atoms with Gasteiger partial charge in [0.2, 0.25) is 10.0 Å². The fourth-order valence-electron chi connectivity index (χ4n) is 1.46. The molecule has 0 heterocycles. The van der Waals surface area contributed by atoms with Crippen molar-refractivity contribution in [1.82, 2.24) is 5.32 Å². The van der Waals surface area contributed by atoms with Gasteiger partial charge in [0.05, 0.1) is 11.3 Å². The zero-order valence-electron chi connectivity index (χ0n) is 9.52. The van der Waals surface area contributed by atoms with E-state index in [0.717, 1.165) is 12.8 Å². The molecule has 98 valence electrons. The number of sulfonamides is 1. The lowest BCUT2D eigenvalue weighted by molar-refractivity contribution is 0.0952. The van der Waals surface area contributed by atoms with Gasteiger partial charge in [-0.25, -0.2) is 8.42 Å². The van der Waals surface area contributed by atoms with E-state index >= 15 is 0 Å². The molecule has 1 saturated carbocycles. The van der Waals surface area contributed by atoms with E-state index in [1.807, 2.05) is 0 Å². The number of hydrogen-bond acceptors (Lipinski definition) is 3. The number of benzene rings is 1. The van der Waals surface area contributed by atoms with E-state index in [-0.39, 0.29) is 17.6 Å². The van der Waals surface area contributed by atoms with Crippen molar-refractivity contribution in [2.45, 2.75) is 18.9 Å². The molecule has 0 aliphatic heterocycles. The molecule has 2 N–H and O–H groups in total. The van der Waals surface area contributed by atoms with Crippen LogP contribution in [-0.4, -0.2) is 25.6 Å². The highest BCUT2D eigenvalue weighted by Gasteiger charge is 2.25. The van der Waals surface area contributed by atoms with E-state index in [4.69, 9.17) is 11.6 Å². The Kier molecular flexibility index (Phi) is 3.77. The van der Waals surface area contributed by atoms with E-state index in [0.29, 0.717) is 5.56 Å². The predicted molar refractivity (Wildman–Crippen MR) is 70.2 cm³/mol. The van der Waals surface area contributed by atoms with Gasteiger partial charge in [0.15, 0.2) is 0 Å². The molecule has 0 bridgehead atoms. The summed E-state index contributed by atoms with van der Waals surface area (Å²) in [6.45, 7) is 0. The molecular weight excluding hydrogens is 276 g/mol. The largest absolute Gasteiger partial charge is 0.349 e. The fourth-order valence-corrected chi connectivity index (χ4v) is 2.19. The molecule has 0 radical (unpaired) electrons. The lowest BCUT2D eigenvalue weighted by Crippen LogP contribution is -2.27. The van der Waals surface area contributed by atoms with Crippen molar-refractivity contribution in [2.75, 3.05) is 9.93 Å². The van der Waals surface area contributed by atoms with Crippen molar-refractivity contribution in [3.8, 4) is 0 Å². The molecule has 18 heavy (non-hydrogen) atoms. The highest BCUT2D eigenvalue weighted by atomic mass is 35.5. The molecule has 1 aromatic rings. The summed E-state index contributed by atoms with van der Waals surface area (Å²) in [5, 5.41) is 2.26. The van der Waals surface area contributed by atoms with Gasteiger partial charge >= 0.3 is 0 Å². The van der Waals surface area contributed by atoms with Crippen LogP contribution in [0.3, 0.4) is 0 Å². The minimum absolute atomic E-state index is 0.218. The molecule has 2 rings (SSSR count). The summed E-state index contributed by atoms with van der Waals surface area (Å²) >= 11 is 5.32. The summed E-state index contributed by atoms with van der Waals surface area (Å²) in [4.78, 5) is 11.9. The highest BCUT2D eigenvalue weighted by molar-refractivity contribution is 7.93. The third kappa shape index (κ3) is 3.36. The summed E-state index contributed by atoms with van der Waals surface area (Å²) in [7, 11) is -3.61. The topological polar surface area (TPSA) is 75.3 Å². The number of hydrogen-bond donors (Lipinski definition) is 2. The number of alkyl halides is 1. The van der Waals surface area contributed by atoms with Crippen LogP contribution in [0.2, 0.25) is 0 Å². The lowest BCUT2D eigenvalue weighted by Gasteiger charge is -2.11. The molecule has 5 nitrogen and oxygen atoms in total. The van der Waals surface area contributed by atoms with Crippen LogP contribution in [-0.2, 0) is 10.0 Å². The molecule has 0 aromatic heterocycles. The van der Waals surface area contributed by atoms with E-state index in [9.17, 15) is 13.2 Å². The number of rotatable bonds is 5. The van der Waals surface area contributed by atoms with Gasteiger partial charge in [-0.2, -0.15) is 0 Å². The predicted octanol–water partition coefficient (Wildman–Crippen LogP) is 1.52. The van der Waals surface area contributed by atoms with Crippen LogP contribution >= 0.6 is 11.6 Å². The second-order valence-corrected chi connectivity index (χ2v) is 6.43. The second kappa shape index (κ2) is 5.16. The number of nitrogens with one attached hydrogen (secondary N) is 2. The van der Waals surface area contributed by atoms with Gasteiger partial charge in [0, 0.05) is 6.04 Å². The number of halogens is 1. The number of para-hydroxylation sites is 1. The Morgan fingerprint density at radius 1 is 1.33 bits per heavy atom. The van der Waals surface area contributed by atoms with Crippen molar-refractivity contribution in [3.63, 3.8) is 0 Å². The Bertz CT molecular complexity index is 555. The monoisotopic (exact) mass is 288 g/mol. The first-order chi connectivity index (χ1) is 8.52.